The first-order valence-electron chi connectivity index (χ1n) is 3.64. The fourth-order valence-corrected chi connectivity index (χ4v) is 0. The minimum Gasteiger partial charge on any atom is -0.392 e. The van der Waals surface area contributed by atoms with Gasteiger partial charge in [0.2, 0.25) is 0 Å². The van der Waals surface area contributed by atoms with Gasteiger partial charge in [-0.15, -0.1) is 0 Å². The third-order valence-electron chi connectivity index (χ3n) is 0.761. The summed E-state index contributed by atoms with van der Waals surface area (Å²) in [4.78, 5) is 43.1. The predicted octanol–water partition coefficient (Wildman–Crippen LogP) is -2.14. The number of phosphoric acid groups is 2. The van der Waals surface area contributed by atoms with Crippen LogP contribution >= 0.6 is 15.6 Å². The van der Waals surface area contributed by atoms with Crippen molar-refractivity contribution in [3.05, 3.63) is 0 Å². The fraction of sp³-hybridized carbons (Fsp3) is 1.00. The Bertz CT molecular complexity index is 199. The highest BCUT2D eigenvalue weighted by Gasteiger charge is 2.00. The monoisotopic (exact) mass is 285 g/mol. The Morgan fingerprint density at radius 2 is 0.938 bits per heavy atom. The van der Waals surface area contributed by atoms with E-state index < -0.39 is 15.6 Å². The van der Waals surface area contributed by atoms with E-state index in [2.05, 4.69) is 0 Å². The summed E-state index contributed by atoms with van der Waals surface area (Å²) in [6.07, 6.45) is -0.370. The maximum Gasteiger partial charge on any atom is 0.466 e. The number of hydrogen-bond acceptors (Lipinski definition) is 4. The van der Waals surface area contributed by atoms with Gasteiger partial charge >= 0.3 is 15.6 Å². The van der Waals surface area contributed by atoms with Crippen LogP contribution < -0.4 is 5.73 Å². The van der Waals surface area contributed by atoms with Crippen LogP contribution in [-0.4, -0.2) is 46.6 Å². The van der Waals surface area contributed by atoms with Crippen molar-refractivity contribution >= 4 is 15.6 Å². The summed E-state index contributed by atoms with van der Waals surface area (Å²) in [7, 11) is -9.28. The van der Waals surface area contributed by atoms with Crippen LogP contribution in [0, 0.1) is 0 Å². The number of hydrogen-bond donors (Lipinski definition) is 8. The molecule has 9 N–H and O–H groups in total. The Labute approximate surface area is 91.8 Å². The molecule has 0 heterocycles. The lowest BCUT2D eigenvalue weighted by molar-refractivity contribution is 0.170. The molecule has 102 valence electrons. The van der Waals surface area contributed by atoms with Crippen molar-refractivity contribution in [1.82, 2.24) is 0 Å². The van der Waals surface area contributed by atoms with Crippen molar-refractivity contribution in [3.63, 3.8) is 0 Å². The second-order valence-electron chi connectivity index (χ2n) is 2.63. The van der Waals surface area contributed by atoms with Gasteiger partial charge in [-0.05, 0) is 13.8 Å². The van der Waals surface area contributed by atoms with Crippen LogP contribution in [0.3, 0.4) is 0 Å². The van der Waals surface area contributed by atoms with Gasteiger partial charge in [0.1, 0.15) is 0 Å². The summed E-state index contributed by atoms with van der Waals surface area (Å²) in [6.45, 7) is 3.44. The molecule has 0 fully saturated rings. The number of aliphatic hydroxyl groups excluding tert-OH is 1. The van der Waals surface area contributed by atoms with Crippen LogP contribution in [0.5, 0.6) is 0 Å². The number of aliphatic hydroxyl groups is 1. The first kappa shape index (κ1) is 21.4. The Kier molecular flexibility index (Phi) is 12.3. The zero-order chi connectivity index (χ0) is 14.2. The van der Waals surface area contributed by atoms with E-state index in [4.69, 9.17) is 49.3 Å². The van der Waals surface area contributed by atoms with Crippen LogP contribution in [0.15, 0.2) is 0 Å². The maximum absolute atomic E-state index is 8.88. The summed E-state index contributed by atoms with van der Waals surface area (Å²) in [5.74, 6) is 0. The molecule has 0 saturated carbocycles. The molecule has 0 aromatic rings. The van der Waals surface area contributed by atoms with Gasteiger partial charge in [0, 0.05) is 6.04 Å². The Hall–Kier alpha value is 0.140. The summed E-state index contributed by atoms with van der Waals surface area (Å²) < 4.78 is 17.8. The van der Waals surface area contributed by atoms with Crippen LogP contribution in [-0.2, 0) is 9.13 Å². The van der Waals surface area contributed by atoms with E-state index in [-0.39, 0.29) is 12.1 Å². The summed E-state index contributed by atoms with van der Waals surface area (Å²) in [6, 6.07) is -0.0926. The highest BCUT2D eigenvalue weighted by atomic mass is 31.2. The minimum atomic E-state index is -4.64. The first-order chi connectivity index (χ1) is 6.64. The zero-order valence-electron chi connectivity index (χ0n) is 8.57. The van der Waals surface area contributed by atoms with E-state index in [1.54, 1.807) is 13.8 Å². The Morgan fingerprint density at radius 1 is 0.875 bits per heavy atom. The molecular weight excluding hydrogens is 268 g/mol. The van der Waals surface area contributed by atoms with Gasteiger partial charge in [0.25, 0.3) is 0 Å². The number of rotatable bonds is 1. The van der Waals surface area contributed by atoms with Crippen molar-refractivity contribution in [2.45, 2.75) is 26.0 Å². The molecule has 2 unspecified atom stereocenters. The summed E-state index contributed by atoms with van der Waals surface area (Å²) in [5, 5.41) is 8.50. The van der Waals surface area contributed by atoms with Crippen molar-refractivity contribution in [2.75, 3.05) is 0 Å². The molecule has 0 rings (SSSR count). The lowest BCUT2D eigenvalue weighted by Gasteiger charge is -2.04. The number of nitrogens with two attached hydrogens (primary N) is 1. The van der Waals surface area contributed by atoms with Crippen LogP contribution in [0.1, 0.15) is 13.8 Å². The lowest BCUT2D eigenvalue weighted by atomic mass is 10.2. The fourth-order valence-electron chi connectivity index (χ4n) is 0. The lowest BCUT2D eigenvalue weighted by Crippen LogP contribution is -2.28. The average molecular weight is 285 g/mol. The molecule has 10 nitrogen and oxygen atoms in total. The van der Waals surface area contributed by atoms with E-state index in [0.717, 1.165) is 0 Å². The SMILES string of the molecule is CC(N)C(C)O.O=P(O)(O)O.O=P(O)(O)O. The molecule has 0 aliphatic carbocycles. The second-order valence-corrected chi connectivity index (χ2v) is 4.68. The molecule has 0 spiro atoms. The maximum atomic E-state index is 8.88. The third kappa shape index (κ3) is 142. The molecule has 0 aromatic carbocycles. The van der Waals surface area contributed by atoms with E-state index in [1.807, 2.05) is 0 Å². The third-order valence-corrected chi connectivity index (χ3v) is 0.761. The summed E-state index contributed by atoms with van der Waals surface area (Å²) >= 11 is 0. The van der Waals surface area contributed by atoms with Gasteiger partial charge in [-0.25, -0.2) is 9.13 Å². The van der Waals surface area contributed by atoms with Gasteiger partial charge in [-0.2, -0.15) is 0 Å². The molecule has 2 atom stereocenters. The van der Waals surface area contributed by atoms with E-state index >= 15 is 0 Å². The van der Waals surface area contributed by atoms with Gasteiger partial charge in [0.05, 0.1) is 6.10 Å². The Balaban J connectivity index is -0.000000160. The molecule has 0 amide bonds. The van der Waals surface area contributed by atoms with Gasteiger partial charge < -0.3 is 40.2 Å². The first-order valence-corrected chi connectivity index (χ1v) is 6.78. The molecule has 16 heavy (non-hydrogen) atoms. The van der Waals surface area contributed by atoms with Crippen molar-refractivity contribution in [1.29, 1.82) is 0 Å². The quantitative estimate of drug-likeness (QED) is 0.245. The Morgan fingerprint density at radius 3 is 0.938 bits per heavy atom. The second kappa shape index (κ2) is 9.20. The summed E-state index contributed by atoms with van der Waals surface area (Å²) in [5.41, 5.74) is 5.19. The predicted molar refractivity (Wildman–Crippen MR) is 53.9 cm³/mol. The molecule has 0 radical (unpaired) electrons. The standard InChI is InChI=1S/C4H11NO.2H3O4P/c1-3(5)4(2)6;2*1-5(2,3)4/h3-4,6H,5H2,1-2H3;2*(H3,1,2,3,4). The molecule has 0 bridgehead atoms. The van der Waals surface area contributed by atoms with E-state index in [9.17, 15) is 0 Å². The molecule has 0 aromatic heterocycles. The zero-order valence-corrected chi connectivity index (χ0v) is 10.4. The molecular formula is C4H17NO9P2. The average Bonchev–Trinajstić information content (AvgIpc) is 1.77. The molecule has 0 aliphatic rings. The van der Waals surface area contributed by atoms with E-state index in [1.165, 1.54) is 0 Å². The van der Waals surface area contributed by atoms with Gasteiger partial charge in [0.15, 0.2) is 0 Å². The van der Waals surface area contributed by atoms with Crippen molar-refractivity contribution < 1.29 is 43.6 Å². The van der Waals surface area contributed by atoms with E-state index in [0.29, 0.717) is 0 Å². The van der Waals surface area contributed by atoms with Crippen LogP contribution in [0.4, 0.5) is 0 Å². The molecule has 0 aliphatic heterocycles. The van der Waals surface area contributed by atoms with Crippen molar-refractivity contribution in [3.8, 4) is 0 Å². The molecule has 0 saturated heterocycles. The van der Waals surface area contributed by atoms with Gasteiger partial charge in [-0.3, -0.25) is 0 Å². The molecule has 12 heteroatoms. The van der Waals surface area contributed by atoms with Crippen molar-refractivity contribution in [2.24, 2.45) is 5.73 Å². The topological polar surface area (TPSA) is 202 Å². The normalized spacial score (nSPS) is 14.9. The smallest absolute Gasteiger partial charge is 0.392 e. The highest BCUT2D eigenvalue weighted by molar-refractivity contribution is 7.45. The minimum absolute atomic E-state index is 0.0926. The highest BCUT2D eigenvalue weighted by Crippen LogP contribution is 2.26. The van der Waals surface area contributed by atoms with Crippen LogP contribution in [0.2, 0.25) is 0 Å². The van der Waals surface area contributed by atoms with Gasteiger partial charge in [-0.1, -0.05) is 0 Å². The largest absolute Gasteiger partial charge is 0.466 e. The van der Waals surface area contributed by atoms with Crippen LogP contribution in [0.25, 0.3) is 0 Å².